The number of nitro groups is 1. The predicted octanol–water partition coefficient (Wildman–Crippen LogP) is 4.05. The van der Waals surface area contributed by atoms with E-state index in [1.54, 1.807) is 36.4 Å². The Morgan fingerprint density at radius 2 is 1.75 bits per heavy atom. The first-order valence-electron chi connectivity index (χ1n) is 9.51. The summed E-state index contributed by atoms with van der Waals surface area (Å²) in [5.41, 5.74) is 5.56. The lowest BCUT2D eigenvalue weighted by Crippen LogP contribution is -2.30. The first-order valence-corrected chi connectivity index (χ1v) is 9.51. The highest BCUT2D eigenvalue weighted by atomic mass is 16.6. The van der Waals surface area contributed by atoms with Crippen molar-refractivity contribution in [1.82, 2.24) is 15.4 Å². The molecule has 1 amide bonds. The van der Waals surface area contributed by atoms with Crippen molar-refractivity contribution in [2.45, 2.75) is 0 Å². The van der Waals surface area contributed by atoms with E-state index in [0.717, 1.165) is 17.1 Å². The molecule has 0 radical (unpaired) electrons. The van der Waals surface area contributed by atoms with Gasteiger partial charge in [0.1, 0.15) is 12.1 Å². The molecular weight excluding hydrogens is 412 g/mol. The van der Waals surface area contributed by atoms with Crippen LogP contribution < -0.4 is 20.9 Å². The average Bonchev–Trinajstić information content (AvgIpc) is 2.82. The number of fused-ring (bicyclic) bond motifs is 1. The Balaban J connectivity index is 1.59. The number of carbonyl (C=O) groups is 1. The molecule has 10 nitrogen and oxygen atoms in total. The van der Waals surface area contributed by atoms with E-state index >= 15 is 0 Å². The molecule has 1 heterocycles. The molecule has 1 aromatic heterocycles. The van der Waals surface area contributed by atoms with Gasteiger partial charge in [0.25, 0.3) is 5.91 Å². The molecule has 0 aliphatic rings. The number of amides is 1. The van der Waals surface area contributed by atoms with E-state index in [4.69, 9.17) is 4.74 Å². The number of aromatic nitrogens is 2. The number of ether oxygens (including phenoxy) is 1. The van der Waals surface area contributed by atoms with Crippen LogP contribution in [0.5, 0.6) is 5.75 Å². The Kier molecular flexibility index (Phi) is 5.75. The molecule has 0 saturated carbocycles. The van der Waals surface area contributed by atoms with E-state index in [1.165, 1.54) is 7.11 Å². The monoisotopic (exact) mass is 430 g/mol. The summed E-state index contributed by atoms with van der Waals surface area (Å²) in [6.45, 7) is 0. The van der Waals surface area contributed by atoms with E-state index < -0.39 is 16.5 Å². The van der Waals surface area contributed by atoms with E-state index in [2.05, 4.69) is 26.1 Å². The molecule has 0 atom stereocenters. The van der Waals surface area contributed by atoms with Crippen LogP contribution in [0.4, 0.5) is 23.0 Å². The summed E-state index contributed by atoms with van der Waals surface area (Å²) in [6, 6.07) is 19.6. The van der Waals surface area contributed by atoms with Crippen LogP contribution in [0.3, 0.4) is 0 Å². The molecule has 4 aromatic rings. The molecular formula is C22H18N6O4. The summed E-state index contributed by atoms with van der Waals surface area (Å²) < 4.78 is 5.16. The number of benzene rings is 3. The zero-order chi connectivity index (χ0) is 22.5. The third-order valence-electron chi connectivity index (χ3n) is 4.67. The minimum atomic E-state index is -0.630. The fourth-order valence-corrected chi connectivity index (χ4v) is 3.18. The van der Waals surface area contributed by atoms with Crippen LogP contribution in [0, 0.1) is 10.1 Å². The normalized spacial score (nSPS) is 10.4. The Morgan fingerprint density at radius 3 is 2.56 bits per heavy atom. The number of nitrogens with one attached hydrogen (secondary N) is 3. The van der Waals surface area contributed by atoms with Crippen molar-refractivity contribution >= 4 is 39.7 Å². The standard InChI is InChI=1S/C22H18N6O4/c1-32-16-9-5-8-15(12-16)25-20-19(28(30)31)21(24-13-23-20)26-27-22(29)18-11-4-7-14-6-2-3-10-17(14)18/h2-13H,1H3,(H,27,29)(H2,23,24,25,26). The number of hydrazine groups is 1. The van der Waals surface area contributed by atoms with E-state index in [0.29, 0.717) is 17.0 Å². The zero-order valence-corrected chi connectivity index (χ0v) is 16.9. The molecule has 0 saturated heterocycles. The zero-order valence-electron chi connectivity index (χ0n) is 16.9. The second-order valence-corrected chi connectivity index (χ2v) is 6.64. The van der Waals surface area contributed by atoms with E-state index in [-0.39, 0.29) is 11.6 Å². The lowest BCUT2D eigenvalue weighted by Gasteiger charge is -2.12. The third kappa shape index (κ3) is 4.24. The van der Waals surface area contributed by atoms with Crippen molar-refractivity contribution in [3.8, 4) is 5.75 Å². The molecule has 4 rings (SSSR count). The van der Waals surface area contributed by atoms with Gasteiger partial charge in [-0.15, -0.1) is 0 Å². The van der Waals surface area contributed by atoms with Gasteiger partial charge in [-0.05, 0) is 29.0 Å². The Labute approximate surface area is 182 Å². The molecule has 3 N–H and O–H groups in total. The number of methoxy groups -OCH3 is 1. The highest BCUT2D eigenvalue weighted by Gasteiger charge is 2.24. The molecule has 3 aromatic carbocycles. The van der Waals surface area contributed by atoms with Gasteiger partial charge in [-0.25, -0.2) is 9.97 Å². The first kappa shape index (κ1) is 20.5. The van der Waals surface area contributed by atoms with Crippen LogP contribution in [-0.4, -0.2) is 27.9 Å². The maximum atomic E-state index is 12.7. The number of anilines is 3. The SMILES string of the molecule is COc1cccc(Nc2ncnc(NNC(=O)c3cccc4ccccc34)c2[N+](=O)[O-])c1. The molecule has 0 spiro atoms. The lowest BCUT2D eigenvalue weighted by atomic mass is 10.0. The highest BCUT2D eigenvalue weighted by molar-refractivity contribution is 6.07. The predicted molar refractivity (Wildman–Crippen MR) is 120 cm³/mol. The molecule has 0 fully saturated rings. The Morgan fingerprint density at radius 1 is 1.00 bits per heavy atom. The van der Waals surface area contributed by atoms with Crippen LogP contribution >= 0.6 is 0 Å². The van der Waals surface area contributed by atoms with Crippen LogP contribution in [0.1, 0.15) is 10.4 Å². The molecule has 160 valence electrons. The van der Waals surface area contributed by atoms with E-state index in [1.807, 2.05) is 30.3 Å². The summed E-state index contributed by atoms with van der Waals surface area (Å²) in [5, 5.41) is 16.3. The third-order valence-corrected chi connectivity index (χ3v) is 4.67. The minimum Gasteiger partial charge on any atom is -0.497 e. The lowest BCUT2D eigenvalue weighted by molar-refractivity contribution is -0.383. The van der Waals surface area contributed by atoms with Crippen LogP contribution in [0.2, 0.25) is 0 Å². The van der Waals surface area contributed by atoms with Gasteiger partial charge in [-0.2, -0.15) is 0 Å². The summed E-state index contributed by atoms with van der Waals surface area (Å²) in [6.07, 6.45) is 1.15. The van der Waals surface area contributed by atoms with Gasteiger partial charge in [0.2, 0.25) is 11.6 Å². The second-order valence-electron chi connectivity index (χ2n) is 6.64. The smallest absolute Gasteiger partial charge is 0.355 e. The number of rotatable bonds is 7. The first-order chi connectivity index (χ1) is 15.6. The summed E-state index contributed by atoms with van der Waals surface area (Å²) >= 11 is 0. The molecule has 0 unspecified atom stereocenters. The van der Waals surface area contributed by atoms with Crippen LogP contribution in [0.25, 0.3) is 10.8 Å². The van der Waals surface area contributed by atoms with Gasteiger partial charge < -0.3 is 10.1 Å². The second kappa shape index (κ2) is 8.96. The Hall–Kier alpha value is -4.73. The van der Waals surface area contributed by atoms with Gasteiger partial charge in [-0.1, -0.05) is 42.5 Å². The topological polar surface area (TPSA) is 131 Å². The number of carbonyl (C=O) groups excluding carboxylic acids is 1. The van der Waals surface area contributed by atoms with Gasteiger partial charge >= 0.3 is 5.69 Å². The van der Waals surface area contributed by atoms with Crippen molar-refractivity contribution in [1.29, 1.82) is 0 Å². The fraction of sp³-hybridized carbons (Fsp3) is 0.0455. The van der Waals surface area contributed by atoms with Crippen molar-refractivity contribution in [2.75, 3.05) is 17.9 Å². The number of hydrogen-bond donors (Lipinski definition) is 3. The van der Waals surface area contributed by atoms with Crippen molar-refractivity contribution in [3.05, 3.63) is 88.7 Å². The molecule has 0 aliphatic carbocycles. The molecule has 0 bridgehead atoms. The summed E-state index contributed by atoms with van der Waals surface area (Å²) in [7, 11) is 1.52. The average molecular weight is 430 g/mol. The van der Waals surface area contributed by atoms with Gasteiger partial charge in [-0.3, -0.25) is 25.8 Å². The molecule has 10 heteroatoms. The maximum Gasteiger partial charge on any atom is 0.355 e. The summed E-state index contributed by atoms with van der Waals surface area (Å²) in [5.74, 6) is -0.0893. The van der Waals surface area contributed by atoms with Crippen LogP contribution in [-0.2, 0) is 0 Å². The van der Waals surface area contributed by atoms with Crippen LogP contribution in [0.15, 0.2) is 73.1 Å². The largest absolute Gasteiger partial charge is 0.497 e. The number of hydrogen-bond acceptors (Lipinski definition) is 8. The highest BCUT2D eigenvalue weighted by Crippen LogP contribution is 2.31. The van der Waals surface area contributed by atoms with Gasteiger partial charge in [0.05, 0.1) is 12.0 Å². The van der Waals surface area contributed by atoms with Gasteiger partial charge in [0, 0.05) is 17.3 Å². The fourth-order valence-electron chi connectivity index (χ4n) is 3.18. The number of nitrogens with zero attached hydrogens (tertiary/aromatic N) is 3. The maximum absolute atomic E-state index is 12.7. The van der Waals surface area contributed by atoms with Crippen molar-refractivity contribution in [3.63, 3.8) is 0 Å². The summed E-state index contributed by atoms with van der Waals surface area (Å²) in [4.78, 5) is 31.8. The van der Waals surface area contributed by atoms with Crippen molar-refractivity contribution < 1.29 is 14.5 Å². The molecule has 0 aliphatic heterocycles. The van der Waals surface area contributed by atoms with E-state index in [9.17, 15) is 14.9 Å². The van der Waals surface area contributed by atoms with Gasteiger partial charge in [0.15, 0.2) is 0 Å². The molecule has 32 heavy (non-hydrogen) atoms. The minimum absolute atomic E-state index is 0.0415. The van der Waals surface area contributed by atoms with Crippen molar-refractivity contribution in [2.24, 2.45) is 0 Å². The Bertz CT molecular complexity index is 1310. The quantitative estimate of drug-likeness (QED) is 0.296.